The van der Waals surface area contributed by atoms with Gasteiger partial charge in [-0.05, 0) is 34.1 Å². The molecule has 0 aliphatic carbocycles. The molecule has 2 rings (SSSR count). The van der Waals surface area contributed by atoms with E-state index in [9.17, 15) is 35.9 Å². The van der Waals surface area contributed by atoms with Crippen molar-refractivity contribution >= 4 is 27.9 Å². The molecule has 0 amide bonds. The average Bonchev–Trinajstić information content (AvgIpc) is 2.65. The van der Waals surface area contributed by atoms with Crippen LogP contribution >= 0.6 is 15.9 Å². The largest absolute Gasteiger partial charge is 0.461 e. The topological polar surface area (TPSA) is 52.6 Å². The molecule has 0 aromatic heterocycles. The molecule has 0 N–H and O–H groups in total. The molecule has 0 atom stereocenters. The number of hydrogen-bond acceptors (Lipinski definition) is 4. The molecule has 0 saturated carbocycles. The Labute approximate surface area is 162 Å². The van der Waals surface area contributed by atoms with Crippen LogP contribution in [0, 0.1) is 34.9 Å². The molecule has 0 aliphatic rings. The van der Waals surface area contributed by atoms with Crippen LogP contribution in [0.15, 0.2) is 22.7 Å². The van der Waals surface area contributed by atoms with Gasteiger partial charge in [0.25, 0.3) is 0 Å². The van der Waals surface area contributed by atoms with Crippen molar-refractivity contribution in [3.05, 3.63) is 63.1 Å². The molecule has 150 valence electrons. The number of ether oxygens (including phenoxy) is 2. The summed E-state index contributed by atoms with van der Waals surface area (Å²) in [5, 5.41) is 0. The quantitative estimate of drug-likeness (QED) is 0.201. The first-order valence-corrected chi connectivity index (χ1v) is 8.22. The maximum absolute atomic E-state index is 13.5. The van der Waals surface area contributed by atoms with Crippen LogP contribution in [0.1, 0.15) is 18.4 Å². The highest BCUT2D eigenvalue weighted by Gasteiger charge is 2.26. The standard InChI is InChI=1S/C17H9BrF6O4/c18-9-5-7(19)1-2-10(9)28-12(26)4-3-11(25)27-6-8-13(20)15(22)17(24)16(23)14(8)21/h1-2,5H,3-4,6H2. The molecule has 0 aliphatic heterocycles. The van der Waals surface area contributed by atoms with E-state index >= 15 is 0 Å². The number of hydrogen-bond donors (Lipinski definition) is 0. The number of rotatable bonds is 6. The third-order valence-corrected chi connectivity index (χ3v) is 3.95. The predicted molar refractivity (Wildman–Crippen MR) is 85.0 cm³/mol. The molecule has 4 nitrogen and oxygen atoms in total. The summed E-state index contributed by atoms with van der Waals surface area (Å²) in [5.74, 6) is -13.5. The lowest BCUT2D eigenvalue weighted by Crippen LogP contribution is -2.14. The molecule has 0 spiro atoms. The first-order valence-electron chi connectivity index (χ1n) is 7.43. The maximum atomic E-state index is 13.5. The summed E-state index contributed by atoms with van der Waals surface area (Å²) in [6.07, 6.45) is -1.10. The fraction of sp³-hybridized carbons (Fsp3) is 0.176. The lowest BCUT2D eigenvalue weighted by molar-refractivity contribution is -0.148. The van der Waals surface area contributed by atoms with Gasteiger partial charge in [-0.2, -0.15) is 0 Å². The molecule has 0 heterocycles. The normalized spacial score (nSPS) is 10.7. The third kappa shape index (κ3) is 5.03. The predicted octanol–water partition coefficient (Wildman–Crippen LogP) is 4.71. The van der Waals surface area contributed by atoms with Crippen molar-refractivity contribution < 1.29 is 45.4 Å². The van der Waals surface area contributed by atoms with E-state index in [0.717, 1.165) is 12.1 Å². The Kier molecular flexibility index (Phi) is 7.05. The summed E-state index contributed by atoms with van der Waals surface area (Å²) in [7, 11) is 0. The zero-order chi connectivity index (χ0) is 21.0. The van der Waals surface area contributed by atoms with Crippen molar-refractivity contribution in [1.82, 2.24) is 0 Å². The molecule has 0 bridgehead atoms. The lowest BCUT2D eigenvalue weighted by atomic mass is 10.2. The maximum Gasteiger partial charge on any atom is 0.311 e. The Morgan fingerprint density at radius 3 is 1.93 bits per heavy atom. The minimum absolute atomic E-state index is 0.0128. The number of halogens is 7. The summed E-state index contributed by atoms with van der Waals surface area (Å²) in [6, 6.07) is 3.24. The molecular weight excluding hydrogens is 462 g/mol. The van der Waals surface area contributed by atoms with Gasteiger partial charge in [0.1, 0.15) is 18.2 Å². The Morgan fingerprint density at radius 1 is 0.821 bits per heavy atom. The molecule has 11 heteroatoms. The molecule has 2 aromatic carbocycles. The van der Waals surface area contributed by atoms with E-state index in [0.29, 0.717) is 0 Å². The molecule has 0 fully saturated rings. The van der Waals surface area contributed by atoms with Crippen LogP contribution in [0.25, 0.3) is 0 Å². The van der Waals surface area contributed by atoms with Crippen molar-refractivity contribution in [3.8, 4) is 5.75 Å². The van der Waals surface area contributed by atoms with Gasteiger partial charge < -0.3 is 9.47 Å². The molecular formula is C17H9BrF6O4. The summed E-state index contributed by atoms with van der Waals surface area (Å²) < 4.78 is 88.4. The van der Waals surface area contributed by atoms with Crippen molar-refractivity contribution in [1.29, 1.82) is 0 Å². The van der Waals surface area contributed by atoms with Crippen LogP contribution in [0.2, 0.25) is 0 Å². The van der Waals surface area contributed by atoms with E-state index in [1.165, 1.54) is 6.07 Å². The van der Waals surface area contributed by atoms with E-state index in [-0.39, 0.29) is 10.2 Å². The average molecular weight is 471 g/mol. The number of benzene rings is 2. The number of esters is 2. The number of carbonyl (C=O) groups is 2. The Bertz CT molecular complexity index is 905. The van der Waals surface area contributed by atoms with Crippen LogP contribution in [-0.4, -0.2) is 11.9 Å². The Balaban J connectivity index is 1.91. The van der Waals surface area contributed by atoms with E-state index in [1.807, 2.05) is 0 Å². The van der Waals surface area contributed by atoms with Gasteiger partial charge in [0, 0.05) is 0 Å². The van der Waals surface area contributed by atoms with Crippen LogP contribution in [0.5, 0.6) is 5.75 Å². The summed E-state index contributed by atoms with van der Waals surface area (Å²) >= 11 is 2.97. The highest BCUT2D eigenvalue weighted by atomic mass is 79.9. The first kappa shape index (κ1) is 21.7. The zero-order valence-electron chi connectivity index (χ0n) is 13.6. The van der Waals surface area contributed by atoms with Gasteiger partial charge in [-0.25, -0.2) is 26.3 Å². The zero-order valence-corrected chi connectivity index (χ0v) is 15.2. The monoisotopic (exact) mass is 470 g/mol. The fourth-order valence-electron chi connectivity index (χ4n) is 1.94. The van der Waals surface area contributed by atoms with Gasteiger partial charge in [0.05, 0.1) is 22.9 Å². The van der Waals surface area contributed by atoms with Crippen LogP contribution in [0.4, 0.5) is 26.3 Å². The highest BCUT2D eigenvalue weighted by Crippen LogP contribution is 2.26. The number of carbonyl (C=O) groups excluding carboxylic acids is 2. The first-order chi connectivity index (χ1) is 13.1. The Morgan fingerprint density at radius 2 is 1.36 bits per heavy atom. The minimum atomic E-state index is -2.33. The van der Waals surface area contributed by atoms with E-state index < -0.39 is 71.9 Å². The van der Waals surface area contributed by atoms with Gasteiger partial charge in [0.15, 0.2) is 23.3 Å². The van der Waals surface area contributed by atoms with Crippen molar-refractivity contribution in [2.75, 3.05) is 0 Å². The second-order valence-electron chi connectivity index (χ2n) is 5.26. The van der Waals surface area contributed by atoms with Crippen LogP contribution < -0.4 is 4.74 Å². The van der Waals surface area contributed by atoms with Gasteiger partial charge >= 0.3 is 11.9 Å². The molecule has 0 radical (unpaired) electrons. The second-order valence-corrected chi connectivity index (χ2v) is 6.11. The summed E-state index contributed by atoms with van der Waals surface area (Å²) in [4.78, 5) is 23.2. The molecule has 2 aromatic rings. The van der Waals surface area contributed by atoms with Gasteiger partial charge in [0.2, 0.25) is 5.82 Å². The van der Waals surface area contributed by atoms with E-state index in [4.69, 9.17) is 4.74 Å². The molecule has 28 heavy (non-hydrogen) atoms. The fourth-order valence-corrected chi connectivity index (χ4v) is 2.37. The SMILES string of the molecule is O=C(CCC(=O)Oc1ccc(F)cc1Br)OCc1c(F)c(F)c(F)c(F)c1F. The van der Waals surface area contributed by atoms with Crippen LogP contribution in [-0.2, 0) is 20.9 Å². The van der Waals surface area contributed by atoms with Gasteiger partial charge in [-0.15, -0.1) is 0 Å². The van der Waals surface area contributed by atoms with Gasteiger partial charge in [-0.1, -0.05) is 0 Å². The second kappa shape index (κ2) is 9.09. The van der Waals surface area contributed by atoms with Crippen molar-refractivity contribution in [2.24, 2.45) is 0 Å². The van der Waals surface area contributed by atoms with E-state index in [2.05, 4.69) is 20.7 Å². The molecule has 0 unspecified atom stereocenters. The van der Waals surface area contributed by atoms with Gasteiger partial charge in [-0.3, -0.25) is 9.59 Å². The lowest BCUT2D eigenvalue weighted by Gasteiger charge is -2.09. The van der Waals surface area contributed by atoms with Crippen molar-refractivity contribution in [3.63, 3.8) is 0 Å². The highest BCUT2D eigenvalue weighted by molar-refractivity contribution is 9.10. The third-order valence-electron chi connectivity index (χ3n) is 3.33. The van der Waals surface area contributed by atoms with E-state index in [1.54, 1.807) is 0 Å². The summed E-state index contributed by atoms with van der Waals surface area (Å²) in [5.41, 5.74) is -1.32. The smallest absolute Gasteiger partial charge is 0.311 e. The molecule has 0 saturated heterocycles. The van der Waals surface area contributed by atoms with Crippen LogP contribution in [0.3, 0.4) is 0 Å². The Hall–Kier alpha value is -2.56. The van der Waals surface area contributed by atoms with Crippen molar-refractivity contribution in [2.45, 2.75) is 19.4 Å². The summed E-state index contributed by atoms with van der Waals surface area (Å²) in [6.45, 7) is -1.22. The minimum Gasteiger partial charge on any atom is -0.461 e.